The lowest BCUT2D eigenvalue weighted by atomic mass is 9.44. The summed E-state index contributed by atoms with van der Waals surface area (Å²) in [5.74, 6) is 2.13. The molecule has 5 nitrogen and oxygen atoms in total. The van der Waals surface area contributed by atoms with Crippen LogP contribution < -0.4 is 5.73 Å². The molecule has 1 unspecified atom stereocenters. The Morgan fingerprint density at radius 2 is 1.94 bits per heavy atom. The topological polar surface area (TPSA) is 81.3 Å². The molecule has 4 aliphatic rings. The molecule has 0 aliphatic heterocycles. The van der Waals surface area contributed by atoms with Gasteiger partial charge in [-0.05, 0) is 86.2 Å². The summed E-state index contributed by atoms with van der Waals surface area (Å²) in [7, 11) is 0. The summed E-state index contributed by atoms with van der Waals surface area (Å²) in [4.78, 5) is 0. The maximum absolute atomic E-state index is 12.3. The Labute approximate surface area is 187 Å². The summed E-state index contributed by atoms with van der Waals surface area (Å²) in [5.41, 5.74) is 6.86. The van der Waals surface area contributed by atoms with Crippen molar-refractivity contribution in [2.45, 2.75) is 95.7 Å². The molecule has 5 rings (SSSR count). The first-order chi connectivity index (χ1) is 14.9. The van der Waals surface area contributed by atoms with Gasteiger partial charge in [0.15, 0.2) is 0 Å². The Bertz CT molecular complexity index is 775. The highest BCUT2D eigenvalue weighted by atomic mass is 16.5. The lowest BCUT2D eigenvalue weighted by Crippen LogP contribution is -2.62. The highest BCUT2D eigenvalue weighted by Crippen LogP contribution is 2.68. The number of nitrogens with zero attached hydrogens (tertiary/aromatic N) is 2. The molecule has 3 N–H and O–H groups in total. The molecule has 4 fully saturated rings. The molecule has 1 aromatic heterocycles. The third-order valence-electron chi connectivity index (χ3n) is 10.5. The van der Waals surface area contributed by atoms with Gasteiger partial charge in [0.2, 0.25) is 0 Å². The second kappa shape index (κ2) is 8.07. The average Bonchev–Trinajstić information content (AvgIpc) is 3.05. The predicted molar refractivity (Wildman–Crippen MR) is 121 cm³/mol. The minimum absolute atomic E-state index is 0.110. The fourth-order valence-corrected chi connectivity index (χ4v) is 8.55. The van der Waals surface area contributed by atoms with Gasteiger partial charge in [-0.1, -0.05) is 26.7 Å². The third-order valence-corrected chi connectivity index (χ3v) is 10.5. The molecule has 1 aromatic rings. The molecule has 0 bridgehead atoms. The summed E-state index contributed by atoms with van der Waals surface area (Å²) in [6.07, 6.45) is 15.9. The van der Waals surface area contributed by atoms with Gasteiger partial charge in [-0.3, -0.25) is 0 Å². The maximum atomic E-state index is 12.3. The first-order valence-electron chi connectivity index (χ1n) is 12.7. The van der Waals surface area contributed by atoms with Gasteiger partial charge in [0.25, 0.3) is 0 Å². The minimum Gasteiger partial charge on any atom is -0.389 e. The van der Waals surface area contributed by atoms with Gasteiger partial charge in [-0.25, -0.2) is 0 Å². The highest BCUT2D eigenvalue weighted by Gasteiger charge is 2.67. The quantitative estimate of drug-likeness (QED) is 0.725. The zero-order valence-corrected chi connectivity index (χ0v) is 19.4. The lowest BCUT2D eigenvalue weighted by molar-refractivity contribution is -0.218. The molecule has 0 amide bonds. The van der Waals surface area contributed by atoms with E-state index in [1.165, 1.54) is 44.9 Å². The van der Waals surface area contributed by atoms with E-state index >= 15 is 0 Å². The van der Waals surface area contributed by atoms with Gasteiger partial charge in [0.05, 0.1) is 24.5 Å². The van der Waals surface area contributed by atoms with E-state index in [0.717, 1.165) is 30.7 Å². The van der Waals surface area contributed by atoms with Crippen molar-refractivity contribution in [3.8, 4) is 0 Å². The number of ether oxygens (including phenoxy) is 1. The minimum atomic E-state index is -0.581. The Balaban J connectivity index is 1.33. The zero-order valence-electron chi connectivity index (χ0n) is 19.4. The van der Waals surface area contributed by atoms with E-state index in [1.807, 2.05) is 6.07 Å². The molecule has 5 heteroatoms. The number of hydrogen-bond donors (Lipinski definition) is 2. The fourth-order valence-electron chi connectivity index (χ4n) is 8.55. The number of fused-ring (bicyclic) bond motifs is 5. The lowest BCUT2D eigenvalue weighted by Gasteiger charge is -2.63. The van der Waals surface area contributed by atoms with Crippen LogP contribution in [0.2, 0.25) is 0 Å². The molecule has 172 valence electrons. The summed E-state index contributed by atoms with van der Waals surface area (Å²) in [5, 5.41) is 20.1. The van der Waals surface area contributed by atoms with Crippen LogP contribution in [0.15, 0.2) is 18.5 Å². The Kier molecular flexibility index (Phi) is 5.67. The van der Waals surface area contributed by atoms with Gasteiger partial charge in [-0.15, -0.1) is 0 Å². The summed E-state index contributed by atoms with van der Waals surface area (Å²) >= 11 is 0. The van der Waals surface area contributed by atoms with Gasteiger partial charge in [-0.2, -0.15) is 10.2 Å². The van der Waals surface area contributed by atoms with Crippen LogP contribution in [0.3, 0.4) is 0 Å². The number of aromatic nitrogens is 2. The van der Waals surface area contributed by atoms with Crippen LogP contribution in [0.25, 0.3) is 0 Å². The second-order valence-electron chi connectivity index (χ2n) is 11.6. The number of nitrogens with two attached hydrogens (primary N) is 1. The molecule has 0 spiro atoms. The number of aliphatic hydroxyl groups is 1. The molecule has 8 atom stereocenters. The molecule has 31 heavy (non-hydrogen) atoms. The van der Waals surface area contributed by atoms with Crippen LogP contribution in [0.4, 0.5) is 0 Å². The molecule has 4 aliphatic carbocycles. The van der Waals surface area contributed by atoms with Crippen molar-refractivity contribution in [2.24, 2.45) is 34.3 Å². The van der Waals surface area contributed by atoms with Crippen molar-refractivity contribution in [2.75, 3.05) is 13.2 Å². The van der Waals surface area contributed by atoms with Crippen LogP contribution in [0, 0.1) is 28.6 Å². The van der Waals surface area contributed by atoms with Crippen LogP contribution in [0.5, 0.6) is 0 Å². The van der Waals surface area contributed by atoms with Crippen molar-refractivity contribution in [3.63, 3.8) is 0 Å². The summed E-state index contributed by atoms with van der Waals surface area (Å²) in [6.45, 7) is 6.01. The smallest absolute Gasteiger partial charge is 0.0757 e. The van der Waals surface area contributed by atoms with Gasteiger partial charge in [0.1, 0.15) is 0 Å². The monoisotopic (exact) mass is 427 g/mol. The maximum Gasteiger partial charge on any atom is 0.0757 e. The van der Waals surface area contributed by atoms with E-state index in [9.17, 15) is 5.11 Å². The van der Waals surface area contributed by atoms with E-state index in [-0.39, 0.29) is 17.4 Å². The van der Waals surface area contributed by atoms with Crippen molar-refractivity contribution >= 4 is 0 Å². The largest absolute Gasteiger partial charge is 0.389 e. The Morgan fingerprint density at radius 1 is 1.06 bits per heavy atom. The average molecular weight is 428 g/mol. The van der Waals surface area contributed by atoms with Crippen molar-refractivity contribution in [1.82, 2.24) is 10.2 Å². The molecular formula is C26H41N3O2. The molecule has 0 saturated heterocycles. The normalized spacial score (nSPS) is 45.4. The fraction of sp³-hybridized carbons (Fsp3) is 0.846. The van der Waals surface area contributed by atoms with Crippen molar-refractivity contribution < 1.29 is 9.84 Å². The summed E-state index contributed by atoms with van der Waals surface area (Å²) < 4.78 is 6.57. The molecular weight excluding hydrogens is 386 g/mol. The first-order valence-corrected chi connectivity index (χ1v) is 12.7. The zero-order chi connectivity index (χ0) is 21.7. The van der Waals surface area contributed by atoms with Crippen molar-refractivity contribution in [1.29, 1.82) is 0 Å². The second-order valence-corrected chi connectivity index (χ2v) is 11.6. The number of rotatable bonds is 5. The van der Waals surface area contributed by atoms with E-state index in [0.29, 0.717) is 30.4 Å². The summed E-state index contributed by atoms with van der Waals surface area (Å²) in [6, 6.07) is 1.98. The molecule has 4 saturated carbocycles. The predicted octanol–water partition coefficient (Wildman–Crippen LogP) is 4.45. The number of hydrogen-bond acceptors (Lipinski definition) is 5. The highest BCUT2D eigenvalue weighted by molar-refractivity contribution is 5.18. The SMILES string of the molecule is C[C@]12CCCC[C@H]1CC[C@@H]1[C@@H]2CC[C@]2(C)[C@H](OCC(CN)c3ccnnc3)CC[C@]12O. The molecule has 1 heterocycles. The molecule has 0 aromatic carbocycles. The third kappa shape index (κ3) is 3.29. The van der Waals surface area contributed by atoms with Crippen LogP contribution in [-0.4, -0.2) is 40.2 Å². The van der Waals surface area contributed by atoms with Gasteiger partial charge >= 0.3 is 0 Å². The van der Waals surface area contributed by atoms with Gasteiger partial charge < -0.3 is 15.6 Å². The van der Waals surface area contributed by atoms with Gasteiger partial charge in [0, 0.05) is 24.1 Å². The Morgan fingerprint density at radius 3 is 2.71 bits per heavy atom. The Hall–Kier alpha value is -1.04. The van der Waals surface area contributed by atoms with Crippen LogP contribution >= 0.6 is 0 Å². The van der Waals surface area contributed by atoms with Crippen LogP contribution in [0.1, 0.15) is 89.5 Å². The van der Waals surface area contributed by atoms with E-state index in [2.05, 4.69) is 24.0 Å². The van der Waals surface area contributed by atoms with E-state index < -0.39 is 5.60 Å². The first kappa shape index (κ1) is 21.8. The molecule has 0 radical (unpaired) electrons. The van der Waals surface area contributed by atoms with Crippen LogP contribution in [-0.2, 0) is 4.74 Å². The van der Waals surface area contributed by atoms with E-state index in [4.69, 9.17) is 10.5 Å². The standard InChI is InChI=1S/C26H41N3O2/c1-24-11-4-3-5-20(24)6-7-22-21(24)8-12-25(2)23(9-13-26(22,25)30)31-17-19(15-27)18-10-14-28-29-16-18/h10,14,16,19-23,30H,3-9,11-13,15,17,27H2,1-2H3/t19?,20-,21-,22+,23+,24-,25+,26-/m0/s1. The van der Waals surface area contributed by atoms with Crippen molar-refractivity contribution in [3.05, 3.63) is 24.0 Å². The van der Waals surface area contributed by atoms with E-state index in [1.54, 1.807) is 12.4 Å².